The fourth-order valence-corrected chi connectivity index (χ4v) is 7.57. The first kappa shape index (κ1) is 37.0. The van der Waals surface area contributed by atoms with Gasteiger partial charge in [0.1, 0.15) is 17.3 Å². The van der Waals surface area contributed by atoms with Crippen LogP contribution < -0.4 is 0 Å². The second-order valence-corrected chi connectivity index (χ2v) is 14.8. The zero-order valence-electron chi connectivity index (χ0n) is 29.3. The fraction of sp³-hybridized carbons (Fsp3) is 0.684. The highest BCUT2D eigenvalue weighted by atomic mass is 35.5. The van der Waals surface area contributed by atoms with E-state index in [0.717, 1.165) is 94.0 Å². The van der Waals surface area contributed by atoms with Crippen LogP contribution >= 0.6 is 11.6 Å². The van der Waals surface area contributed by atoms with Gasteiger partial charge in [0, 0.05) is 25.8 Å². The van der Waals surface area contributed by atoms with Gasteiger partial charge in [-0.1, -0.05) is 88.2 Å². The highest BCUT2D eigenvalue weighted by Gasteiger charge is 2.37. The van der Waals surface area contributed by atoms with Gasteiger partial charge in [0.2, 0.25) is 6.29 Å². The normalized spacial score (nSPS) is 18.0. The number of hydrogen-bond acceptors (Lipinski definition) is 7. The van der Waals surface area contributed by atoms with E-state index < -0.39 is 29.7 Å². The molecule has 8 nitrogen and oxygen atoms in total. The number of unbranched alkanes of at least 4 members (excludes halogenated alkanes) is 1. The molecule has 3 atom stereocenters. The molecule has 0 saturated heterocycles. The van der Waals surface area contributed by atoms with Crippen molar-refractivity contribution in [1.29, 1.82) is 0 Å². The number of benzene rings is 1. The van der Waals surface area contributed by atoms with Gasteiger partial charge in [-0.25, -0.2) is 4.98 Å². The van der Waals surface area contributed by atoms with E-state index in [9.17, 15) is 14.4 Å². The Morgan fingerprint density at radius 1 is 0.915 bits per heavy atom. The van der Waals surface area contributed by atoms with Gasteiger partial charge in [0.05, 0.1) is 11.6 Å². The van der Waals surface area contributed by atoms with E-state index in [0.29, 0.717) is 23.8 Å². The number of carbonyl (C=O) groups excluding carboxylic acids is 3. The number of aryl methyl sites for hydroxylation is 1. The van der Waals surface area contributed by atoms with Gasteiger partial charge in [0.25, 0.3) is 0 Å². The Morgan fingerprint density at radius 3 is 2.11 bits per heavy atom. The highest BCUT2D eigenvalue weighted by Crippen LogP contribution is 2.39. The highest BCUT2D eigenvalue weighted by molar-refractivity contribution is 6.30. The molecular weight excluding hydrogens is 616 g/mol. The number of esters is 3. The van der Waals surface area contributed by atoms with Crippen LogP contribution in [0.3, 0.4) is 0 Å². The predicted octanol–water partition coefficient (Wildman–Crippen LogP) is 9.05. The molecule has 0 aliphatic heterocycles. The number of imidazole rings is 1. The van der Waals surface area contributed by atoms with Gasteiger partial charge in [-0.05, 0) is 76.3 Å². The monoisotopic (exact) mass is 670 g/mol. The molecule has 0 amide bonds. The molecular formula is C38H55ClN2O6. The van der Waals surface area contributed by atoms with E-state index in [1.165, 1.54) is 6.92 Å². The molecule has 2 aliphatic carbocycles. The Bertz CT molecular complexity index is 1340. The summed E-state index contributed by atoms with van der Waals surface area (Å²) < 4.78 is 19.5. The number of ether oxygens (including phenoxy) is 3. The summed E-state index contributed by atoms with van der Waals surface area (Å²) in [5, 5.41) is 0.296. The first-order valence-electron chi connectivity index (χ1n) is 17.9. The minimum atomic E-state index is -0.908. The van der Waals surface area contributed by atoms with Crippen LogP contribution in [0.5, 0.6) is 0 Å². The van der Waals surface area contributed by atoms with Gasteiger partial charge >= 0.3 is 17.9 Å². The van der Waals surface area contributed by atoms with Crippen LogP contribution in [0.2, 0.25) is 5.15 Å². The largest absolute Gasteiger partial charge is 0.459 e. The van der Waals surface area contributed by atoms with Crippen molar-refractivity contribution in [2.45, 2.75) is 155 Å². The molecule has 0 spiro atoms. The van der Waals surface area contributed by atoms with E-state index in [4.69, 9.17) is 30.8 Å². The van der Waals surface area contributed by atoms with Crippen LogP contribution in [0, 0.1) is 11.8 Å². The van der Waals surface area contributed by atoms with Crippen LogP contribution in [0.15, 0.2) is 24.3 Å². The summed E-state index contributed by atoms with van der Waals surface area (Å²) in [5.41, 5.74) is 2.06. The third-order valence-electron chi connectivity index (χ3n) is 9.58. The van der Waals surface area contributed by atoms with Crippen molar-refractivity contribution in [2.75, 3.05) is 0 Å². The summed E-state index contributed by atoms with van der Waals surface area (Å²) >= 11 is 6.83. The number of rotatable bonds is 14. The molecule has 260 valence electrons. The van der Waals surface area contributed by atoms with E-state index in [-0.39, 0.29) is 23.7 Å². The molecule has 1 aromatic heterocycles. The second-order valence-electron chi connectivity index (χ2n) is 14.5. The number of halogens is 1. The Morgan fingerprint density at radius 2 is 1.53 bits per heavy atom. The molecule has 2 fully saturated rings. The van der Waals surface area contributed by atoms with Crippen LogP contribution in [0.1, 0.15) is 153 Å². The van der Waals surface area contributed by atoms with Gasteiger partial charge in [-0.15, -0.1) is 0 Å². The topological polar surface area (TPSA) is 96.7 Å². The first-order valence-corrected chi connectivity index (χ1v) is 18.2. The number of hydrogen-bond donors (Lipinski definition) is 0. The van der Waals surface area contributed by atoms with Gasteiger partial charge < -0.3 is 18.8 Å². The van der Waals surface area contributed by atoms with E-state index in [1.54, 1.807) is 0 Å². The minimum Gasteiger partial charge on any atom is -0.459 e. The van der Waals surface area contributed by atoms with Crippen molar-refractivity contribution in [3.8, 4) is 0 Å². The van der Waals surface area contributed by atoms with Crippen LogP contribution in [0.4, 0.5) is 0 Å². The second kappa shape index (κ2) is 17.0. The van der Waals surface area contributed by atoms with E-state index in [1.807, 2.05) is 39.8 Å². The average Bonchev–Trinajstić information content (AvgIpc) is 3.65. The molecule has 1 heterocycles. The molecule has 2 aliphatic rings. The maximum Gasteiger partial charge on any atom is 0.318 e. The molecule has 47 heavy (non-hydrogen) atoms. The summed E-state index contributed by atoms with van der Waals surface area (Å²) in [5.74, 6) is -0.963. The molecule has 2 aromatic rings. The fourth-order valence-electron chi connectivity index (χ4n) is 7.24. The molecule has 9 heteroatoms. The Kier molecular flexibility index (Phi) is 13.4. The summed E-state index contributed by atoms with van der Waals surface area (Å²) in [4.78, 5) is 44.0. The SMILES string of the molecule is CCCCc1nc(Cl)c(C(CC)C(=O)OC(OC(C)=O)C2CCCCC2)n1Cc1ccc(C(C(=O)OC(C)(C)C)C2CCCC2)cc1. The molecule has 0 bridgehead atoms. The van der Waals surface area contributed by atoms with Gasteiger partial charge in [0.15, 0.2) is 5.15 Å². The number of aromatic nitrogens is 2. The van der Waals surface area contributed by atoms with E-state index in [2.05, 4.69) is 23.6 Å². The van der Waals surface area contributed by atoms with Gasteiger partial charge in [-0.2, -0.15) is 0 Å². The van der Waals surface area contributed by atoms with E-state index >= 15 is 0 Å². The number of nitrogens with zero attached hydrogens (tertiary/aromatic N) is 2. The Hall–Kier alpha value is -2.87. The van der Waals surface area contributed by atoms with Crippen molar-refractivity contribution in [3.05, 3.63) is 52.1 Å². The van der Waals surface area contributed by atoms with Crippen LogP contribution in [0.25, 0.3) is 0 Å². The summed E-state index contributed by atoms with van der Waals surface area (Å²) in [7, 11) is 0. The quantitative estimate of drug-likeness (QED) is 0.146. The maximum atomic E-state index is 13.8. The summed E-state index contributed by atoms with van der Waals surface area (Å²) in [6.45, 7) is 11.6. The third-order valence-corrected chi connectivity index (χ3v) is 9.86. The van der Waals surface area contributed by atoms with Crippen LogP contribution in [-0.4, -0.2) is 39.4 Å². The molecule has 2 saturated carbocycles. The predicted molar refractivity (Wildman–Crippen MR) is 183 cm³/mol. The zero-order valence-corrected chi connectivity index (χ0v) is 30.1. The van der Waals surface area contributed by atoms with Crippen molar-refractivity contribution in [3.63, 3.8) is 0 Å². The minimum absolute atomic E-state index is 0.0122. The maximum absolute atomic E-state index is 13.8. The third kappa shape index (κ3) is 10.1. The van der Waals surface area contributed by atoms with Crippen LogP contribution in [-0.2, 0) is 41.6 Å². The first-order chi connectivity index (χ1) is 22.4. The summed E-state index contributed by atoms with van der Waals surface area (Å²) in [6, 6.07) is 8.21. The molecule has 0 radical (unpaired) electrons. The van der Waals surface area contributed by atoms with Crippen molar-refractivity contribution >= 4 is 29.5 Å². The lowest BCUT2D eigenvalue weighted by Gasteiger charge is -2.30. The average molecular weight is 671 g/mol. The Labute approximate surface area is 286 Å². The molecule has 0 N–H and O–H groups in total. The van der Waals surface area contributed by atoms with Crippen molar-refractivity contribution in [2.24, 2.45) is 11.8 Å². The Balaban J connectivity index is 1.62. The lowest BCUT2D eigenvalue weighted by atomic mass is 9.84. The zero-order chi connectivity index (χ0) is 34.1. The lowest BCUT2D eigenvalue weighted by Crippen LogP contribution is -2.34. The van der Waals surface area contributed by atoms with Crippen molar-refractivity contribution < 1.29 is 28.6 Å². The molecule has 4 rings (SSSR count). The standard InChI is InChI=1S/C38H55ClN2O6/c1-7-9-19-31-40-34(39)33(30(8-2)35(43)46-37(45-25(3)42)29-17-11-10-12-18-29)41(31)24-26-20-22-28(23-21-26)32(27-15-13-14-16-27)36(44)47-38(4,5)6/h20-23,27,29-30,32,37H,7-19,24H2,1-6H3. The summed E-state index contributed by atoms with van der Waals surface area (Å²) in [6.07, 6.45) is 11.4. The smallest absolute Gasteiger partial charge is 0.318 e. The number of carbonyl (C=O) groups is 3. The molecule has 1 aromatic carbocycles. The van der Waals surface area contributed by atoms with Gasteiger partial charge in [-0.3, -0.25) is 14.4 Å². The van der Waals surface area contributed by atoms with Crippen molar-refractivity contribution in [1.82, 2.24) is 9.55 Å². The molecule has 3 unspecified atom stereocenters. The lowest BCUT2D eigenvalue weighted by molar-refractivity contribution is -0.200.